The largest absolute Gasteiger partial charge is 0.490 e. The molecule has 1 aliphatic rings. The number of methoxy groups -OCH3 is 1. The molecule has 0 radical (unpaired) electrons. The lowest BCUT2D eigenvalue weighted by Gasteiger charge is -2.39. The van der Waals surface area contributed by atoms with Crippen molar-refractivity contribution < 1.29 is 43.5 Å². The average molecular weight is 394 g/mol. The van der Waals surface area contributed by atoms with E-state index in [4.69, 9.17) is 23.0 Å². The molecule has 3 aromatic rings. The van der Waals surface area contributed by atoms with Gasteiger partial charge in [0, 0.05) is 6.07 Å². The second-order valence-corrected chi connectivity index (χ2v) is 6.34. The van der Waals surface area contributed by atoms with E-state index in [1.165, 1.54) is 25.5 Å². The van der Waals surface area contributed by atoms with E-state index in [-0.39, 0.29) is 22.7 Å². The molecule has 0 aliphatic carbocycles. The lowest BCUT2D eigenvalue weighted by Crippen LogP contribution is -2.60. The zero-order valence-corrected chi connectivity index (χ0v) is 14.6. The highest BCUT2D eigenvalue weighted by Gasteiger charge is 2.45. The fourth-order valence-electron chi connectivity index (χ4n) is 3.27. The average Bonchev–Trinajstić information content (AvgIpc) is 3.17. The molecule has 0 unspecified atom stereocenters. The molecule has 1 aliphatic heterocycles. The zero-order chi connectivity index (χ0) is 20.0. The first-order valence-electron chi connectivity index (χ1n) is 8.44. The van der Waals surface area contributed by atoms with Crippen molar-refractivity contribution in [3.05, 3.63) is 34.9 Å². The van der Waals surface area contributed by atoms with Crippen LogP contribution in [-0.2, 0) is 4.74 Å². The molecule has 0 saturated carbocycles. The van der Waals surface area contributed by atoms with Gasteiger partial charge < -0.3 is 43.5 Å². The van der Waals surface area contributed by atoms with Crippen LogP contribution in [0, 0.1) is 0 Å². The Kier molecular flexibility index (Phi) is 4.73. The third kappa shape index (κ3) is 2.82. The number of benzene rings is 1. The Bertz CT molecular complexity index is 1050. The van der Waals surface area contributed by atoms with Crippen LogP contribution in [0.15, 0.2) is 38.1 Å². The Morgan fingerprint density at radius 3 is 2.46 bits per heavy atom. The lowest BCUT2D eigenvalue weighted by atomic mass is 9.99. The van der Waals surface area contributed by atoms with Crippen LogP contribution in [0.1, 0.15) is 0 Å². The molecular formula is C18H18O10. The van der Waals surface area contributed by atoms with Crippen molar-refractivity contribution >= 4 is 21.9 Å². The summed E-state index contributed by atoms with van der Waals surface area (Å²) in [5, 5.41) is 40.3. The SMILES string of the molecule is COc1c2occc2c(O[C@@H]2O[C@H](CO)[C@@H](O)[C@H](O)[C@H]2O)c2ccc(=O)oc12. The molecule has 4 rings (SSSR count). The van der Waals surface area contributed by atoms with Gasteiger partial charge in [-0.25, -0.2) is 4.79 Å². The first-order valence-corrected chi connectivity index (χ1v) is 8.44. The normalized spacial score (nSPS) is 28.0. The smallest absolute Gasteiger partial charge is 0.336 e. The van der Waals surface area contributed by atoms with Crippen LogP contribution < -0.4 is 15.1 Å². The molecule has 3 heterocycles. The number of aliphatic hydroxyl groups excluding tert-OH is 4. The van der Waals surface area contributed by atoms with Crippen LogP contribution in [0.4, 0.5) is 0 Å². The summed E-state index contributed by atoms with van der Waals surface area (Å²) in [5.74, 6) is 0.335. The van der Waals surface area contributed by atoms with Crippen molar-refractivity contribution in [3.8, 4) is 11.5 Å². The first kappa shape index (κ1) is 18.7. The van der Waals surface area contributed by atoms with Crippen molar-refractivity contribution in [2.45, 2.75) is 30.7 Å². The van der Waals surface area contributed by atoms with Gasteiger partial charge >= 0.3 is 5.63 Å². The summed E-state index contributed by atoms with van der Waals surface area (Å²) in [6.07, 6.45) is -5.89. The van der Waals surface area contributed by atoms with Crippen molar-refractivity contribution in [2.24, 2.45) is 0 Å². The number of hydrogen-bond acceptors (Lipinski definition) is 10. The number of furan rings is 1. The Labute approximate surface area is 157 Å². The fraction of sp³-hybridized carbons (Fsp3) is 0.389. The minimum atomic E-state index is -1.60. The van der Waals surface area contributed by atoms with Gasteiger partial charge in [-0.1, -0.05) is 0 Å². The number of ether oxygens (including phenoxy) is 3. The Balaban J connectivity index is 1.86. The topological polar surface area (TPSA) is 152 Å². The molecule has 2 aromatic heterocycles. The Morgan fingerprint density at radius 2 is 1.75 bits per heavy atom. The van der Waals surface area contributed by atoms with Crippen LogP contribution in [-0.4, -0.2) is 64.8 Å². The van der Waals surface area contributed by atoms with E-state index in [1.807, 2.05) is 0 Å². The highest BCUT2D eigenvalue weighted by Crippen LogP contribution is 2.43. The van der Waals surface area contributed by atoms with Crippen LogP contribution in [0.5, 0.6) is 11.5 Å². The minimum Gasteiger partial charge on any atom is -0.490 e. The van der Waals surface area contributed by atoms with Crippen LogP contribution in [0.2, 0.25) is 0 Å². The van der Waals surface area contributed by atoms with Crippen molar-refractivity contribution in [2.75, 3.05) is 13.7 Å². The van der Waals surface area contributed by atoms with E-state index in [2.05, 4.69) is 0 Å². The fourth-order valence-corrected chi connectivity index (χ4v) is 3.27. The van der Waals surface area contributed by atoms with Gasteiger partial charge in [0.2, 0.25) is 12.0 Å². The molecule has 1 aromatic carbocycles. The molecule has 10 heteroatoms. The molecular weight excluding hydrogens is 376 g/mol. The molecule has 0 bridgehead atoms. The van der Waals surface area contributed by atoms with Gasteiger partial charge in [-0.05, 0) is 12.1 Å². The highest BCUT2D eigenvalue weighted by atomic mass is 16.7. The van der Waals surface area contributed by atoms with E-state index < -0.39 is 42.9 Å². The minimum absolute atomic E-state index is 0.0667. The highest BCUT2D eigenvalue weighted by molar-refractivity contribution is 6.06. The van der Waals surface area contributed by atoms with Gasteiger partial charge in [0.15, 0.2) is 11.2 Å². The molecule has 0 spiro atoms. The molecule has 10 nitrogen and oxygen atoms in total. The third-order valence-electron chi connectivity index (χ3n) is 4.69. The molecule has 0 amide bonds. The third-order valence-corrected chi connectivity index (χ3v) is 4.69. The van der Waals surface area contributed by atoms with Crippen molar-refractivity contribution in [1.29, 1.82) is 0 Å². The Morgan fingerprint density at radius 1 is 1.00 bits per heavy atom. The maximum Gasteiger partial charge on any atom is 0.336 e. The van der Waals surface area contributed by atoms with Crippen molar-refractivity contribution in [3.63, 3.8) is 0 Å². The summed E-state index contributed by atoms with van der Waals surface area (Å²) in [5.41, 5.74) is -0.309. The predicted molar refractivity (Wildman–Crippen MR) is 93.2 cm³/mol. The number of fused-ring (bicyclic) bond motifs is 2. The second kappa shape index (κ2) is 7.08. The summed E-state index contributed by atoms with van der Waals surface area (Å²) < 4.78 is 27.2. The summed E-state index contributed by atoms with van der Waals surface area (Å²) in [6.45, 7) is -0.593. The first-order chi connectivity index (χ1) is 13.5. The molecule has 1 saturated heterocycles. The van der Waals surface area contributed by atoms with E-state index in [0.717, 1.165) is 0 Å². The van der Waals surface area contributed by atoms with Crippen molar-refractivity contribution in [1.82, 2.24) is 0 Å². The molecule has 28 heavy (non-hydrogen) atoms. The van der Waals surface area contributed by atoms with Gasteiger partial charge in [0.1, 0.15) is 30.2 Å². The zero-order valence-electron chi connectivity index (χ0n) is 14.6. The number of hydrogen-bond donors (Lipinski definition) is 4. The Hall–Kier alpha value is -2.63. The monoisotopic (exact) mass is 394 g/mol. The molecule has 150 valence electrons. The van der Waals surface area contributed by atoms with Gasteiger partial charge in [0.05, 0.1) is 30.8 Å². The van der Waals surface area contributed by atoms with Gasteiger partial charge in [-0.2, -0.15) is 0 Å². The summed E-state index contributed by atoms with van der Waals surface area (Å²) in [7, 11) is 1.39. The maximum absolute atomic E-state index is 11.7. The van der Waals surface area contributed by atoms with E-state index in [0.29, 0.717) is 10.8 Å². The van der Waals surface area contributed by atoms with Gasteiger partial charge in [-0.15, -0.1) is 0 Å². The van der Waals surface area contributed by atoms with Crippen LogP contribution in [0.3, 0.4) is 0 Å². The van der Waals surface area contributed by atoms with Gasteiger partial charge in [0.25, 0.3) is 0 Å². The predicted octanol–water partition coefficient (Wildman–Crippen LogP) is -0.273. The van der Waals surface area contributed by atoms with E-state index >= 15 is 0 Å². The molecule has 4 N–H and O–H groups in total. The maximum atomic E-state index is 11.7. The van der Waals surface area contributed by atoms with Crippen LogP contribution in [0.25, 0.3) is 21.9 Å². The summed E-state index contributed by atoms with van der Waals surface area (Å²) in [6, 6.07) is 4.23. The van der Waals surface area contributed by atoms with E-state index in [1.54, 1.807) is 6.07 Å². The number of aliphatic hydroxyl groups is 4. The quantitative estimate of drug-likeness (QED) is 0.435. The summed E-state index contributed by atoms with van der Waals surface area (Å²) >= 11 is 0. The lowest BCUT2D eigenvalue weighted by molar-refractivity contribution is -0.277. The standard InChI is InChI=1S/C18H18O10/c1-24-17-15-8(4-5-25-15)14(7-2-3-10(20)27-16(7)17)28-18-13(23)12(22)11(21)9(6-19)26-18/h2-5,9,11-13,18-19,21-23H,6H2,1H3/t9-,11-,12+,13-,18+/m1/s1. The van der Waals surface area contributed by atoms with E-state index in [9.17, 15) is 25.2 Å². The van der Waals surface area contributed by atoms with Gasteiger partial charge in [-0.3, -0.25) is 0 Å². The summed E-state index contributed by atoms with van der Waals surface area (Å²) in [4.78, 5) is 11.7. The number of rotatable bonds is 4. The van der Waals surface area contributed by atoms with Crippen LogP contribution >= 0.6 is 0 Å². The second-order valence-electron chi connectivity index (χ2n) is 6.34. The molecule has 5 atom stereocenters. The molecule has 1 fully saturated rings.